The van der Waals surface area contributed by atoms with Crippen LogP contribution in [0.4, 0.5) is 0 Å². The number of phosphoric ester groups is 1. The van der Waals surface area contributed by atoms with Crippen molar-refractivity contribution in [1.29, 1.82) is 0 Å². The Hall–Kier alpha value is 1.63. The molecule has 0 saturated heterocycles. The van der Waals surface area contributed by atoms with Gasteiger partial charge in [-0.15, -0.1) is 0 Å². The fourth-order valence-corrected chi connectivity index (χ4v) is 3.09. The van der Waals surface area contributed by atoms with Crippen LogP contribution in [-0.2, 0) is 13.6 Å². The first-order chi connectivity index (χ1) is 9.99. The topological polar surface area (TPSA) is 58.6 Å². The van der Waals surface area contributed by atoms with Gasteiger partial charge in [-0.2, -0.15) is 0 Å². The van der Waals surface area contributed by atoms with Crippen molar-refractivity contribution in [2.24, 2.45) is 11.8 Å². The standard InChI is InChI=1S/C16H35O4P.Yb/c1-5-9-11-15(7-3)13-19-21(17,18)20-14-16(8-4)12-10-6-2;/h15-16H,5-14H2,1-4H3,(H,17,18);/p-1. The summed E-state index contributed by atoms with van der Waals surface area (Å²) in [6.07, 6.45) is 8.38. The molecule has 0 N–H and O–H groups in total. The molecular formula is C16H34O4PYb-. The maximum atomic E-state index is 11.8. The molecular weight excluding hydrogens is 460 g/mol. The Kier molecular flexibility index (Phi) is 18.9. The van der Waals surface area contributed by atoms with Crippen molar-refractivity contribution in [2.75, 3.05) is 13.2 Å². The van der Waals surface area contributed by atoms with Crippen LogP contribution >= 0.6 is 7.82 Å². The van der Waals surface area contributed by atoms with Crippen LogP contribution in [0.1, 0.15) is 79.1 Å². The molecule has 2 unspecified atom stereocenters. The van der Waals surface area contributed by atoms with Gasteiger partial charge in [0.1, 0.15) is 0 Å². The fourth-order valence-electron chi connectivity index (χ4n) is 2.23. The maximum absolute atomic E-state index is 11.8. The summed E-state index contributed by atoms with van der Waals surface area (Å²) in [6.45, 7) is 8.91. The number of hydrogen-bond donors (Lipinski definition) is 0. The molecule has 0 aromatic heterocycles. The molecule has 0 aromatic carbocycles. The van der Waals surface area contributed by atoms with E-state index in [9.17, 15) is 9.46 Å². The van der Waals surface area contributed by atoms with Gasteiger partial charge in [-0.25, -0.2) is 0 Å². The molecule has 0 aliphatic carbocycles. The van der Waals surface area contributed by atoms with E-state index in [0.717, 1.165) is 51.4 Å². The molecule has 0 radical (unpaired) electrons. The monoisotopic (exact) mass is 495 g/mol. The van der Waals surface area contributed by atoms with E-state index in [1.54, 1.807) is 0 Å². The smallest absolute Gasteiger partial charge is 0.267 e. The minimum absolute atomic E-state index is 0. The second kappa shape index (κ2) is 16.1. The zero-order valence-electron chi connectivity index (χ0n) is 14.6. The summed E-state index contributed by atoms with van der Waals surface area (Å²) in [7, 11) is -4.14. The molecule has 0 bridgehead atoms. The van der Waals surface area contributed by atoms with Crippen LogP contribution in [-0.4, -0.2) is 13.2 Å². The summed E-state index contributed by atoms with van der Waals surface area (Å²) in [5.41, 5.74) is 0. The fraction of sp³-hybridized carbons (Fsp3) is 1.00. The van der Waals surface area contributed by atoms with Crippen LogP contribution in [0.2, 0.25) is 0 Å². The van der Waals surface area contributed by atoms with Crippen LogP contribution < -0.4 is 4.89 Å². The molecule has 0 heterocycles. The van der Waals surface area contributed by atoms with Gasteiger partial charge in [0, 0.05) is 46.9 Å². The van der Waals surface area contributed by atoms with Gasteiger partial charge in [-0.05, 0) is 24.7 Å². The molecule has 0 fully saturated rings. The van der Waals surface area contributed by atoms with E-state index >= 15 is 0 Å². The third kappa shape index (κ3) is 14.0. The van der Waals surface area contributed by atoms with Gasteiger partial charge >= 0.3 is 0 Å². The molecule has 0 aliphatic heterocycles. The van der Waals surface area contributed by atoms with Crippen molar-refractivity contribution in [3.05, 3.63) is 0 Å². The molecule has 0 saturated carbocycles. The largest absolute Gasteiger partial charge is 0.756 e. The van der Waals surface area contributed by atoms with Gasteiger partial charge in [0.2, 0.25) is 0 Å². The summed E-state index contributed by atoms with van der Waals surface area (Å²) >= 11 is 0. The van der Waals surface area contributed by atoms with Gasteiger partial charge in [0.05, 0.1) is 13.2 Å². The molecule has 6 heteroatoms. The Bertz CT molecular complexity index is 265. The van der Waals surface area contributed by atoms with Crippen molar-refractivity contribution in [3.8, 4) is 0 Å². The molecule has 142 valence electrons. The van der Waals surface area contributed by atoms with E-state index in [0.29, 0.717) is 11.8 Å². The van der Waals surface area contributed by atoms with E-state index in [4.69, 9.17) is 9.05 Å². The predicted molar refractivity (Wildman–Crippen MR) is 86.1 cm³/mol. The first kappa shape index (κ1) is 25.9. The van der Waals surface area contributed by atoms with Crippen LogP contribution in [0, 0.1) is 58.8 Å². The minimum Gasteiger partial charge on any atom is -0.756 e. The van der Waals surface area contributed by atoms with Crippen molar-refractivity contribution in [1.82, 2.24) is 0 Å². The molecule has 0 aromatic rings. The Balaban J connectivity index is 0. The van der Waals surface area contributed by atoms with E-state index in [1.165, 1.54) is 0 Å². The average Bonchev–Trinajstić information content (AvgIpc) is 2.47. The maximum Gasteiger partial charge on any atom is 0.267 e. The Labute approximate surface area is 176 Å². The molecule has 0 aliphatic rings. The van der Waals surface area contributed by atoms with Crippen LogP contribution in [0.15, 0.2) is 0 Å². The van der Waals surface area contributed by atoms with E-state index in [-0.39, 0.29) is 60.1 Å². The molecule has 0 rings (SSSR count). The number of rotatable bonds is 14. The van der Waals surface area contributed by atoms with Gasteiger partial charge in [0.25, 0.3) is 7.82 Å². The molecule has 4 nitrogen and oxygen atoms in total. The first-order valence-electron chi connectivity index (χ1n) is 8.59. The normalized spacial score (nSPS) is 16.6. The second-order valence-electron chi connectivity index (χ2n) is 5.87. The average molecular weight is 494 g/mol. The summed E-state index contributed by atoms with van der Waals surface area (Å²) in [5, 5.41) is 0. The van der Waals surface area contributed by atoms with Gasteiger partial charge in [-0.1, -0.05) is 66.2 Å². The molecule has 2 atom stereocenters. The molecule has 22 heavy (non-hydrogen) atoms. The zero-order chi connectivity index (χ0) is 16.1. The summed E-state index contributed by atoms with van der Waals surface area (Å²) < 4.78 is 21.9. The number of phosphoric acid groups is 1. The molecule has 0 spiro atoms. The quantitative estimate of drug-likeness (QED) is 0.322. The van der Waals surface area contributed by atoms with E-state index < -0.39 is 7.82 Å². The van der Waals surface area contributed by atoms with E-state index in [2.05, 4.69) is 27.7 Å². The number of hydrogen-bond acceptors (Lipinski definition) is 4. The SMILES string of the molecule is CCCCC(CC)COP(=O)([O-])OCC(CC)CCCC.[Yb]. The van der Waals surface area contributed by atoms with Gasteiger partial charge < -0.3 is 13.9 Å². The molecule has 0 amide bonds. The van der Waals surface area contributed by atoms with Gasteiger partial charge in [0.15, 0.2) is 0 Å². The first-order valence-corrected chi connectivity index (χ1v) is 10.0. The summed E-state index contributed by atoms with van der Waals surface area (Å²) in [4.78, 5) is 11.8. The van der Waals surface area contributed by atoms with E-state index in [1.807, 2.05) is 0 Å². The number of unbranched alkanes of at least 4 members (excludes halogenated alkanes) is 2. The Morgan fingerprint density at radius 1 is 0.864 bits per heavy atom. The third-order valence-electron chi connectivity index (χ3n) is 4.02. The minimum atomic E-state index is -4.14. The summed E-state index contributed by atoms with van der Waals surface area (Å²) in [6, 6.07) is 0. The zero-order valence-corrected chi connectivity index (χ0v) is 17.2. The van der Waals surface area contributed by atoms with Crippen LogP contribution in [0.3, 0.4) is 0 Å². The van der Waals surface area contributed by atoms with Crippen LogP contribution in [0.25, 0.3) is 0 Å². The van der Waals surface area contributed by atoms with Crippen LogP contribution in [0.5, 0.6) is 0 Å². The van der Waals surface area contributed by atoms with Crippen molar-refractivity contribution < 1.29 is 65.4 Å². The van der Waals surface area contributed by atoms with Crippen molar-refractivity contribution in [3.63, 3.8) is 0 Å². The Morgan fingerprint density at radius 3 is 1.50 bits per heavy atom. The summed E-state index contributed by atoms with van der Waals surface area (Å²) in [5.74, 6) is 0.607. The predicted octanol–water partition coefficient (Wildman–Crippen LogP) is 4.92. The van der Waals surface area contributed by atoms with Crippen molar-refractivity contribution in [2.45, 2.75) is 79.1 Å². The third-order valence-corrected chi connectivity index (χ3v) is 4.95. The van der Waals surface area contributed by atoms with Gasteiger partial charge in [-0.3, -0.25) is 4.57 Å². The Morgan fingerprint density at radius 2 is 1.23 bits per heavy atom. The second-order valence-corrected chi connectivity index (χ2v) is 7.28. The van der Waals surface area contributed by atoms with Crippen molar-refractivity contribution >= 4 is 7.82 Å².